The predicted molar refractivity (Wildman–Crippen MR) is 90.8 cm³/mol. The number of hydrogen-bond donors (Lipinski definition) is 0. The van der Waals surface area contributed by atoms with E-state index in [9.17, 15) is 4.57 Å². The van der Waals surface area contributed by atoms with Crippen LogP contribution in [0.2, 0.25) is 0 Å². The summed E-state index contributed by atoms with van der Waals surface area (Å²) in [7, 11) is -0.870. The number of aromatic nitrogens is 1. The lowest BCUT2D eigenvalue weighted by Crippen LogP contribution is -2.03. The molecule has 1 unspecified atom stereocenters. The van der Waals surface area contributed by atoms with E-state index in [2.05, 4.69) is 4.98 Å². The van der Waals surface area contributed by atoms with Gasteiger partial charge in [0.15, 0.2) is 11.5 Å². The second-order valence-corrected chi connectivity index (χ2v) is 5.63. The average Bonchev–Trinajstić information content (AvgIpc) is 2.51. The molecule has 0 radical (unpaired) electrons. The van der Waals surface area contributed by atoms with Crippen molar-refractivity contribution in [1.82, 2.24) is 4.98 Å². The maximum atomic E-state index is 11.1. The highest BCUT2D eigenvalue weighted by Crippen LogP contribution is 2.41. The molecule has 0 saturated carbocycles. The summed E-state index contributed by atoms with van der Waals surface area (Å²) in [5.74, 6) is 1.38. The molecule has 0 spiro atoms. The number of pyridine rings is 1. The lowest BCUT2D eigenvalue weighted by Gasteiger charge is -2.18. The van der Waals surface area contributed by atoms with Crippen molar-refractivity contribution in [2.75, 3.05) is 13.2 Å². The summed E-state index contributed by atoms with van der Waals surface area (Å²) in [5.41, 5.74) is 3.81. The average molecular weight is 319 g/mol. The molecular formula is C17H22NO3P. The highest BCUT2D eigenvalue weighted by molar-refractivity contribution is 7.22. The Morgan fingerprint density at radius 2 is 1.82 bits per heavy atom. The zero-order valence-corrected chi connectivity index (χ0v) is 14.4. The minimum absolute atomic E-state index is 0.511. The van der Waals surface area contributed by atoms with Gasteiger partial charge in [0.2, 0.25) is 0 Å². The van der Waals surface area contributed by atoms with Crippen molar-refractivity contribution in [2.24, 2.45) is 0 Å². The number of ether oxygens (including phenoxy) is 2. The third-order valence-electron chi connectivity index (χ3n) is 3.27. The molecule has 5 heteroatoms. The van der Waals surface area contributed by atoms with Crippen LogP contribution in [0.15, 0.2) is 30.5 Å². The van der Waals surface area contributed by atoms with E-state index >= 15 is 0 Å². The maximum absolute atomic E-state index is 11.1. The highest BCUT2D eigenvalue weighted by atomic mass is 31.1. The molecule has 4 nitrogen and oxygen atoms in total. The Hall–Kier alpha value is -1.80. The van der Waals surface area contributed by atoms with Crippen LogP contribution in [0.1, 0.15) is 25.0 Å². The van der Waals surface area contributed by atoms with Crippen molar-refractivity contribution in [1.29, 1.82) is 0 Å². The van der Waals surface area contributed by atoms with Crippen molar-refractivity contribution < 1.29 is 14.0 Å². The van der Waals surface area contributed by atoms with Gasteiger partial charge < -0.3 is 14.0 Å². The summed E-state index contributed by atoms with van der Waals surface area (Å²) < 4.78 is 22.7. The van der Waals surface area contributed by atoms with Crippen LogP contribution in [-0.4, -0.2) is 18.2 Å². The van der Waals surface area contributed by atoms with Crippen molar-refractivity contribution in [3.63, 3.8) is 0 Å². The largest absolute Gasteiger partial charge is 0.490 e. The number of nitrogens with zero attached hydrogens (tertiary/aromatic N) is 1. The van der Waals surface area contributed by atoms with Crippen molar-refractivity contribution in [2.45, 2.75) is 26.9 Å². The highest BCUT2D eigenvalue weighted by Gasteiger charge is 2.17. The van der Waals surface area contributed by atoms with Gasteiger partial charge in [-0.05, 0) is 44.5 Å². The summed E-state index contributed by atoms with van der Waals surface area (Å²) in [4.78, 5) is 4.44. The van der Waals surface area contributed by atoms with E-state index in [0.717, 1.165) is 22.4 Å². The molecule has 1 aromatic heterocycles. The summed E-state index contributed by atoms with van der Waals surface area (Å²) in [6, 6.07) is 7.91. The molecule has 0 fully saturated rings. The molecule has 0 amide bonds. The third-order valence-corrected chi connectivity index (χ3v) is 3.87. The topological polar surface area (TPSA) is 48.4 Å². The Kier molecular flexibility index (Phi) is 6.02. The van der Waals surface area contributed by atoms with Crippen LogP contribution in [0.4, 0.5) is 0 Å². The van der Waals surface area contributed by atoms with E-state index in [-0.39, 0.29) is 0 Å². The summed E-state index contributed by atoms with van der Waals surface area (Å²) in [6.45, 7) is 6.97. The zero-order valence-electron chi connectivity index (χ0n) is 13.3. The molecule has 2 rings (SSSR count). The van der Waals surface area contributed by atoms with Gasteiger partial charge in [-0.2, -0.15) is 0 Å². The van der Waals surface area contributed by atoms with Gasteiger partial charge in [-0.3, -0.25) is 4.98 Å². The van der Waals surface area contributed by atoms with Crippen LogP contribution in [0.5, 0.6) is 11.5 Å². The second kappa shape index (κ2) is 8.00. The van der Waals surface area contributed by atoms with Crippen LogP contribution in [0.25, 0.3) is 11.3 Å². The zero-order chi connectivity index (χ0) is 15.9. The normalized spacial score (nSPS) is 11.0. The van der Waals surface area contributed by atoms with Gasteiger partial charge in [0.25, 0.3) is 0 Å². The minimum atomic E-state index is -0.870. The number of benzene rings is 1. The monoisotopic (exact) mass is 319 g/mol. The van der Waals surface area contributed by atoms with Crippen molar-refractivity contribution in [3.05, 3.63) is 41.6 Å². The molecule has 1 heterocycles. The first-order valence-electron chi connectivity index (χ1n) is 7.49. The van der Waals surface area contributed by atoms with Gasteiger partial charge in [-0.15, -0.1) is 0 Å². The van der Waals surface area contributed by atoms with Gasteiger partial charge in [-0.1, -0.05) is 6.07 Å². The number of rotatable bonds is 7. The van der Waals surface area contributed by atoms with E-state index in [4.69, 9.17) is 9.47 Å². The predicted octanol–water partition coefficient (Wildman–Crippen LogP) is 4.11. The second-order valence-electron chi connectivity index (χ2n) is 4.89. The van der Waals surface area contributed by atoms with Gasteiger partial charge in [-0.25, -0.2) is 0 Å². The van der Waals surface area contributed by atoms with Gasteiger partial charge >= 0.3 is 0 Å². The van der Waals surface area contributed by atoms with Crippen molar-refractivity contribution >= 4 is 8.46 Å². The summed E-state index contributed by atoms with van der Waals surface area (Å²) in [5, 5.41) is 0. The molecule has 0 bridgehead atoms. The smallest absolute Gasteiger partial charge is 0.170 e. The first-order chi connectivity index (χ1) is 10.7. The quantitative estimate of drug-likeness (QED) is 0.721. The molecular weight excluding hydrogens is 297 g/mol. The Bertz CT molecular complexity index is 658. The fraction of sp³-hybridized carbons (Fsp3) is 0.353. The lowest BCUT2D eigenvalue weighted by molar-refractivity contribution is 0.287. The molecule has 1 atom stereocenters. The van der Waals surface area contributed by atoms with Gasteiger partial charge in [0.05, 0.1) is 27.4 Å². The van der Waals surface area contributed by atoms with Crippen LogP contribution in [-0.2, 0) is 10.7 Å². The Morgan fingerprint density at radius 3 is 2.45 bits per heavy atom. The van der Waals surface area contributed by atoms with Gasteiger partial charge in [0, 0.05) is 23.5 Å². The van der Waals surface area contributed by atoms with Crippen LogP contribution < -0.4 is 9.47 Å². The molecule has 0 saturated heterocycles. The summed E-state index contributed by atoms with van der Waals surface area (Å²) >= 11 is 0. The molecule has 2 aromatic rings. The van der Waals surface area contributed by atoms with Crippen LogP contribution >= 0.6 is 8.46 Å². The van der Waals surface area contributed by atoms with E-state index < -0.39 is 8.46 Å². The number of aryl methyl sites for hydroxylation is 1. The van der Waals surface area contributed by atoms with Crippen molar-refractivity contribution in [3.8, 4) is 22.8 Å². The third kappa shape index (κ3) is 3.69. The lowest BCUT2D eigenvalue weighted by atomic mass is 10.0. The molecule has 22 heavy (non-hydrogen) atoms. The standard InChI is InChI=1S/C17H22NO3P/c1-4-20-16-13(11-22-19)6-7-14(17(16)21-5-2)15-10-12(3)8-9-18-15/h6-10H,4-5,11,22H2,1-3H3. The molecule has 0 N–H and O–H groups in total. The molecule has 1 aromatic carbocycles. The SMILES string of the molecule is CCOc1c(C[PH2]=O)ccc(-c2cc(C)ccn2)c1OCC. The summed E-state index contributed by atoms with van der Waals surface area (Å²) in [6.07, 6.45) is 2.30. The Labute approximate surface area is 132 Å². The van der Waals surface area contributed by atoms with Gasteiger partial charge in [0.1, 0.15) is 0 Å². The fourth-order valence-corrected chi connectivity index (χ4v) is 2.83. The molecule has 118 valence electrons. The molecule has 0 aliphatic heterocycles. The first-order valence-corrected chi connectivity index (χ1v) is 8.78. The molecule has 0 aliphatic carbocycles. The van der Waals surface area contributed by atoms with Crippen LogP contribution in [0.3, 0.4) is 0 Å². The fourth-order valence-electron chi connectivity index (χ4n) is 2.33. The number of hydrogen-bond acceptors (Lipinski definition) is 4. The van der Waals surface area contributed by atoms with E-state index in [1.807, 2.05) is 45.0 Å². The first kappa shape index (κ1) is 16.6. The van der Waals surface area contributed by atoms with E-state index in [1.54, 1.807) is 6.20 Å². The Balaban J connectivity index is 2.62. The van der Waals surface area contributed by atoms with Crippen LogP contribution in [0, 0.1) is 6.92 Å². The molecule has 0 aliphatic rings. The Morgan fingerprint density at radius 1 is 1.09 bits per heavy atom. The maximum Gasteiger partial charge on any atom is 0.170 e. The van der Waals surface area contributed by atoms with E-state index in [1.165, 1.54) is 0 Å². The minimum Gasteiger partial charge on any atom is -0.490 e. The van der Waals surface area contributed by atoms with E-state index in [0.29, 0.717) is 30.9 Å².